The molecule has 4 amide bonds. The zero-order valence-electron chi connectivity index (χ0n) is 69.6. The predicted octanol–water partition coefficient (Wildman–Crippen LogP) is 28.6. The van der Waals surface area contributed by atoms with Crippen molar-refractivity contribution in [3.63, 3.8) is 0 Å². The molecule has 12 heterocycles. The molecule has 0 aliphatic carbocycles. The van der Waals surface area contributed by atoms with E-state index in [1.165, 1.54) is 89.3 Å². The molecule has 6 atom stereocenters. The van der Waals surface area contributed by atoms with Gasteiger partial charge in [-0.25, -0.2) is 0 Å². The summed E-state index contributed by atoms with van der Waals surface area (Å²) in [5, 5.41) is 6.53. The van der Waals surface area contributed by atoms with Crippen LogP contribution in [0.3, 0.4) is 0 Å². The van der Waals surface area contributed by atoms with Gasteiger partial charge in [0.1, 0.15) is 0 Å². The molecule has 6 unspecified atom stereocenters. The van der Waals surface area contributed by atoms with E-state index in [0.717, 1.165) is 190 Å². The molecule has 0 radical (unpaired) electrons. The highest BCUT2D eigenvalue weighted by Crippen LogP contribution is 2.55. The van der Waals surface area contributed by atoms with Crippen LogP contribution in [0.15, 0.2) is 118 Å². The van der Waals surface area contributed by atoms with E-state index in [1.54, 1.807) is 68.0 Å². The first-order valence-electron chi connectivity index (χ1n) is 43.4. The quantitative estimate of drug-likeness (QED) is 0.0357. The van der Waals surface area contributed by atoms with E-state index in [-0.39, 0.29) is 23.6 Å². The van der Waals surface area contributed by atoms with Crippen molar-refractivity contribution in [2.45, 2.75) is 250 Å². The number of benzene rings is 1. The minimum atomic E-state index is -0.0564. The number of hydrogen-bond acceptors (Lipinski definition) is 12. The van der Waals surface area contributed by atoms with E-state index in [0.29, 0.717) is 84.0 Å². The summed E-state index contributed by atoms with van der Waals surface area (Å²) in [5.74, 6) is 17.2. The number of fused-ring (bicyclic) bond motifs is 4. The number of thiophene rings is 8. The summed E-state index contributed by atoms with van der Waals surface area (Å²) >= 11 is 13.9. The van der Waals surface area contributed by atoms with Crippen molar-refractivity contribution >= 4 is 157 Å². The Labute approximate surface area is 713 Å². The van der Waals surface area contributed by atoms with Crippen molar-refractivity contribution in [1.82, 2.24) is 19.6 Å². The highest BCUT2D eigenvalue weighted by atomic mass is 32.1. The first-order chi connectivity index (χ1) is 55.7. The summed E-state index contributed by atoms with van der Waals surface area (Å²) in [5.41, 5.74) is 7.79. The van der Waals surface area contributed by atoms with Crippen molar-refractivity contribution < 1.29 is 19.2 Å². The maximum atomic E-state index is 15.5. The molecular formula is C98H118N4O4S8. The van der Waals surface area contributed by atoms with Crippen molar-refractivity contribution in [3.05, 3.63) is 167 Å². The molecule has 9 aromatic rings. The van der Waals surface area contributed by atoms with Crippen molar-refractivity contribution in [2.75, 3.05) is 26.2 Å². The van der Waals surface area contributed by atoms with Gasteiger partial charge in [-0.05, 0) is 181 Å². The minimum Gasteiger partial charge on any atom is -0.306 e. The van der Waals surface area contributed by atoms with E-state index in [1.807, 2.05) is 54.4 Å². The lowest BCUT2D eigenvalue weighted by Gasteiger charge is -2.29. The van der Waals surface area contributed by atoms with Crippen molar-refractivity contribution in [2.24, 2.45) is 35.5 Å². The molecule has 1 aromatic carbocycles. The van der Waals surface area contributed by atoms with Crippen LogP contribution in [0.5, 0.6) is 0 Å². The Kier molecular flexibility index (Phi) is 30.0. The average molecular weight is 1670 g/mol. The van der Waals surface area contributed by atoms with Crippen LogP contribution in [0.2, 0.25) is 0 Å². The molecule has 8 aromatic heterocycles. The summed E-state index contributed by atoms with van der Waals surface area (Å²) in [6, 6.07) is 31.0. The van der Waals surface area contributed by atoms with Crippen molar-refractivity contribution in [3.8, 4) is 44.6 Å². The zero-order valence-corrected chi connectivity index (χ0v) is 76.1. The van der Waals surface area contributed by atoms with Crippen molar-refractivity contribution in [1.29, 1.82) is 0 Å². The fraction of sp³-hybridized carbons (Fsp3) is 0.490. The Morgan fingerprint density at radius 3 is 0.886 bits per heavy atom. The van der Waals surface area contributed by atoms with Gasteiger partial charge in [0.05, 0.1) is 84.1 Å². The fourth-order valence-electron chi connectivity index (χ4n) is 17.4. The lowest BCUT2D eigenvalue weighted by molar-refractivity contribution is -0.124. The molecule has 4 aliphatic heterocycles. The molecule has 0 spiro atoms. The summed E-state index contributed by atoms with van der Waals surface area (Å²) in [4.78, 5) is 82.8. The number of amides is 4. The Hall–Kier alpha value is -6.70. The number of nitrogens with zero attached hydrogens (tertiary/aromatic N) is 4. The zero-order chi connectivity index (χ0) is 80.1. The topological polar surface area (TPSA) is 81.2 Å². The second-order valence-electron chi connectivity index (χ2n) is 32.2. The van der Waals surface area contributed by atoms with Crippen LogP contribution in [0.4, 0.5) is 0 Å². The van der Waals surface area contributed by atoms with Crippen LogP contribution in [0.1, 0.15) is 286 Å². The van der Waals surface area contributed by atoms with Gasteiger partial charge in [0, 0.05) is 77.0 Å². The third-order valence-electron chi connectivity index (χ3n) is 24.4. The Bertz CT molecular complexity index is 4750. The first-order valence-corrected chi connectivity index (χ1v) is 50.1. The monoisotopic (exact) mass is 1670 g/mol. The van der Waals surface area contributed by atoms with Gasteiger partial charge in [0.25, 0.3) is 23.6 Å². The molecule has 0 saturated heterocycles. The highest BCUT2D eigenvalue weighted by molar-refractivity contribution is 7.24. The third kappa shape index (κ3) is 18.4. The molecule has 16 heteroatoms. The van der Waals surface area contributed by atoms with E-state index >= 15 is 19.2 Å². The van der Waals surface area contributed by atoms with Crippen LogP contribution >= 0.6 is 90.7 Å². The van der Waals surface area contributed by atoms with Gasteiger partial charge in [-0.3, -0.25) is 19.2 Å². The summed E-state index contributed by atoms with van der Waals surface area (Å²) in [6.45, 7) is 29.5. The number of carbonyl (C=O) groups excluding carboxylic acids is 4. The highest BCUT2D eigenvalue weighted by Gasteiger charge is 2.52. The first kappa shape index (κ1) is 85.2. The summed E-state index contributed by atoms with van der Waals surface area (Å²) < 4.78 is 2.45. The maximum absolute atomic E-state index is 15.5. The van der Waals surface area contributed by atoms with E-state index < -0.39 is 0 Å². The SMILES string of the molecule is CCCCC(CC)Cc1ccc(-c2c3cc(C#Cc4ccc(C5=C6C(=O)N(CC(CC)CCCC)C(c7cccs7)=C6C(=O)N5CC(CC)CCCC)s4)sc3c(-c3ccc(CC(CC)CCCC)s3)c3cc(C#Cc4ccc(C5=C6C(=O)N(CC(CC)CCCC)C(c7cccs7)=C6C(=O)N5CC(CC)CCCC)s4)sc23)s1. The maximum Gasteiger partial charge on any atom is 0.261 e. The number of unbranched alkanes of at least 4 members (excludes halogenated alkanes) is 6. The second-order valence-corrected chi connectivity index (χ2v) is 40.7. The van der Waals surface area contributed by atoms with Crippen LogP contribution in [-0.4, -0.2) is 69.4 Å². The van der Waals surface area contributed by atoms with Gasteiger partial charge in [-0.15, -0.1) is 90.7 Å². The lowest BCUT2D eigenvalue weighted by Crippen LogP contribution is -2.34. The normalized spacial score (nSPS) is 16.1. The standard InChI is InChI=1S/C98H118N4O4S8/c1-13-25-33-63(19-7)55-71-47-49-77(111-71)83-75-57-73(43-41-69-45-51-81(109-69)91-87-85(95(103)101(91)61-67(23-11)37-29-17-5)89(79-39-31-53-107-79)99(97(87)105)59-65(21-9)35-27-15-3)114-94(75)84(78-50-48-72(112-78)56-64(20-8)34-26-14-2)76-58-74(113-93(76)83)44-42-70-46-52-82(110-70)92-88-86(96(104)102(92)62-68(24-12)38-30-18-6)90(80-40-32-54-108-80)100(98(88)106)60-66(22-10)36-28-16-4/h31-32,39-40,45-54,57-58,63-68H,13-30,33-38,55-56,59-62H2,1-12H3. The van der Waals surface area contributed by atoms with Gasteiger partial charge in [-0.2, -0.15) is 0 Å². The number of rotatable bonds is 42. The van der Waals surface area contributed by atoms with Crippen LogP contribution in [-0.2, 0) is 32.0 Å². The summed E-state index contributed by atoms with van der Waals surface area (Å²) in [7, 11) is 0. The van der Waals surface area contributed by atoms with E-state index in [4.69, 9.17) is 0 Å². The Balaban J connectivity index is 0.939. The molecule has 0 N–H and O–H groups in total. The fourth-order valence-corrected chi connectivity index (χ4v) is 25.5. The lowest BCUT2D eigenvalue weighted by atomic mass is 9.95. The second kappa shape index (κ2) is 40.2. The van der Waals surface area contributed by atoms with Gasteiger partial charge >= 0.3 is 0 Å². The van der Waals surface area contributed by atoms with Gasteiger partial charge in [0.2, 0.25) is 0 Å². The molecule has 4 aliphatic rings. The van der Waals surface area contributed by atoms with Gasteiger partial charge in [-0.1, -0.05) is 224 Å². The molecular weight excluding hydrogens is 1550 g/mol. The molecule has 0 fully saturated rings. The predicted molar refractivity (Wildman–Crippen MR) is 495 cm³/mol. The average Bonchev–Trinajstić information content (AvgIpc) is 1.57. The number of carbonyl (C=O) groups is 4. The molecule has 8 nitrogen and oxygen atoms in total. The van der Waals surface area contributed by atoms with Crippen LogP contribution in [0.25, 0.3) is 63.8 Å². The van der Waals surface area contributed by atoms with Crippen LogP contribution < -0.4 is 0 Å². The van der Waals surface area contributed by atoms with E-state index in [2.05, 4.69) is 190 Å². The molecule has 13 rings (SSSR count). The van der Waals surface area contributed by atoms with E-state index in [9.17, 15) is 0 Å². The summed E-state index contributed by atoms with van der Waals surface area (Å²) in [6.07, 6.45) is 28.5. The Morgan fingerprint density at radius 1 is 0.307 bits per heavy atom. The minimum absolute atomic E-state index is 0.0564. The molecule has 0 bridgehead atoms. The van der Waals surface area contributed by atoms with Crippen LogP contribution in [0, 0.1) is 59.2 Å². The number of hydrogen-bond donors (Lipinski definition) is 0. The molecule has 602 valence electrons. The van der Waals surface area contributed by atoms with Gasteiger partial charge in [0.15, 0.2) is 0 Å². The third-order valence-corrected chi connectivity index (χ3v) is 32.6. The smallest absolute Gasteiger partial charge is 0.261 e. The van der Waals surface area contributed by atoms with Gasteiger partial charge < -0.3 is 19.6 Å². The largest absolute Gasteiger partial charge is 0.306 e. The molecule has 0 saturated carbocycles. The molecule has 114 heavy (non-hydrogen) atoms. The Morgan fingerprint density at radius 2 is 0.596 bits per heavy atom.